The van der Waals surface area contributed by atoms with Gasteiger partial charge in [0.1, 0.15) is 0 Å². The monoisotopic (exact) mass is 229 g/mol. The van der Waals surface area contributed by atoms with E-state index in [9.17, 15) is 0 Å². The van der Waals surface area contributed by atoms with E-state index in [1.54, 1.807) is 11.3 Å². The van der Waals surface area contributed by atoms with Gasteiger partial charge in [-0.05, 0) is 25.0 Å². The van der Waals surface area contributed by atoms with Crippen molar-refractivity contribution in [2.45, 2.75) is 37.5 Å². The Balaban J connectivity index is 2.26. The summed E-state index contributed by atoms with van der Waals surface area (Å²) in [5, 5.41) is 0. The number of hydrogen-bond donors (Lipinski definition) is 1. The lowest BCUT2D eigenvalue weighted by Gasteiger charge is -2.35. The highest BCUT2D eigenvalue weighted by molar-refractivity contribution is 7.16. The maximum atomic E-state index is 5.98. The summed E-state index contributed by atoms with van der Waals surface area (Å²) in [7, 11) is 0. The second kappa shape index (κ2) is 4.21. The Labute approximate surface area is 94.3 Å². The molecule has 14 heavy (non-hydrogen) atoms. The third-order valence-corrected chi connectivity index (χ3v) is 4.77. The van der Waals surface area contributed by atoms with Crippen LogP contribution in [0, 0.1) is 0 Å². The third kappa shape index (κ3) is 1.83. The van der Waals surface area contributed by atoms with Gasteiger partial charge in [-0.25, -0.2) is 0 Å². The largest absolute Gasteiger partial charge is 0.330 e. The molecule has 3 heteroatoms. The number of thiophene rings is 1. The molecule has 2 rings (SSSR count). The van der Waals surface area contributed by atoms with Crippen molar-refractivity contribution < 1.29 is 0 Å². The fourth-order valence-electron chi connectivity index (χ4n) is 2.38. The Hall–Kier alpha value is -0.0500. The molecule has 1 fully saturated rings. The molecule has 2 N–H and O–H groups in total. The van der Waals surface area contributed by atoms with Crippen molar-refractivity contribution in [3.63, 3.8) is 0 Å². The Bertz CT molecular complexity index is 302. The van der Waals surface area contributed by atoms with E-state index in [0.29, 0.717) is 0 Å². The van der Waals surface area contributed by atoms with Crippen molar-refractivity contribution in [2.24, 2.45) is 5.73 Å². The molecule has 1 heterocycles. The fraction of sp³-hybridized carbons (Fsp3) is 0.636. The second-order valence-corrected chi connectivity index (χ2v) is 5.86. The van der Waals surface area contributed by atoms with Gasteiger partial charge in [-0.3, -0.25) is 0 Å². The zero-order valence-corrected chi connectivity index (χ0v) is 9.83. The van der Waals surface area contributed by atoms with Gasteiger partial charge >= 0.3 is 0 Å². The van der Waals surface area contributed by atoms with Crippen molar-refractivity contribution in [1.29, 1.82) is 0 Å². The van der Waals surface area contributed by atoms with Crippen molar-refractivity contribution in [1.82, 2.24) is 0 Å². The van der Waals surface area contributed by atoms with Crippen LogP contribution in [0.3, 0.4) is 0 Å². The molecular formula is C11H16ClNS. The average Bonchev–Trinajstić information content (AvgIpc) is 2.66. The van der Waals surface area contributed by atoms with Gasteiger partial charge in [-0.15, -0.1) is 11.3 Å². The molecule has 1 aromatic rings. The summed E-state index contributed by atoms with van der Waals surface area (Å²) in [4.78, 5) is 1.39. The molecule has 0 unspecified atom stereocenters. The van der Waals surface area contributed by atoms with Gasteiger partial charge < -0.3 is 5.73 Å². The lowest BCUT2D eigenvalue weighted by atomic mass is 9.73. The topological polar surface area (TPSA) is 26.0 Å². The average molecular weight is 230 g/mol. The zero-order chi connectivity index (χ0) is 10.0. The summed E-state index contributed by atoms with van der Waals surface area (Å²) in [6, 6.07) is 4.15. The van der Waals surface area contributed by atoms with Crippen LogP contribution < -0.4 is 5.73 Å². The van der Waals surface area contributed by atoms with E-state index in [0.717, 1.165) is 10.9 Å². The van der Waals surface area contributed by atoms with Gasteiger partial charge in [0.25, 0.3) is 0 Å². The van der Waals surface area contributed by atoms with Crippen LogP contribution in [0.15, 0.2) is 12.1 Å². The summed E-state index contributed by atoms with van der Waals surface area (Å²) in [6.07, 6.45) is 6.46. The summed E-state index contributed by atoms with van der Waals surface area (Å²) < 4.78 is 0.887. The van der Waals surface area contributed by atoms with Crippen LogP contribution in [0.4, 0.5) is 0 Å². The smallest absolute Gasteiger partial charge is 0.0931 e. The predicted octanol–water partition coefficient (Wildman–Crippen LogP) is 3.56. The highest BCUT2D eigenvalue weighted by Crippen LogP contribution is 2.42. The van der Waals surface area contributed by atoms with Gasteiger partial charge in [-0.1, -0.05) is 30.9 Å². The molecule has 0 radical (unpaired) electrons. The minimum Gasteiger partial charge on any atom is -0.330 e. The minimum absolute atomic E-state index is 0.246. The highest BCUT2D eigenvalue weighted by Gasteiger charge is 2.33. The molecule has 0 bridgehead atoms. The van der Waals surface area contributed by atoms with Gasteiger partial charge in [0, 0.05) is 16.8 Å². The fourth-order valence-corrected chi connectivity index (χ4v) is 3.68. The van der Waals surface area contributed by atoms with Crippen LogP contribution in [-0.2, 0) is 5.41 Å². The van der Waals surface area contributed by atoms with Gasteiger partial charge in [0.15, 0.2) is 0 Å². The summed E-state index contributed by atoms with van der Waals surface area (Å²) >= 11 is 7.68. The molecule has 0 saturated heterocycles. The van der Waals surface area contributed by atoms with Crippen LogP contribution in [0.2, 0.25) is 4.34 Å². The first-order chi connectivity index (χ1) is 6.77. The molecule has 0 spiro atoms. The van der Waals surface area contributed by atoms with Gasteiger partial charge in [-0.2, -0.15) is 0 Å². The lowest BCUT2D eigenvalue weighted by molar-refractivity contribution is 0.306. The predicted molar refractivity (Wildman–Crippen MR) is 63.1 cm³/mol. The van der Waals surface area contributed by atoms with E-state index in [1.807, 2.05) is 6.07 Å². The van der Waals surface area contributed by atoms with E-state index in [4.69, 9.17) is 17.3 Å². The molecule has 0 atom stereocenters. The van der Waals surface area contributed by atoms with E-state index >= 15 is 0 Å². The zero-order valence-electron chi connectivity index (χ0n) is 8.26. The molecule has 0 amide bonds. The Kier molecular flexibility index (Phi) is 3.15. The molecule has 0 aliphatic heterocycles. The number of halogens is 1. The van der Waals surface area contributed by atoms with Gasteiger partial charge in [0.05, 0.1) is 4.34 Å². The van der Waals surface area contributed by atoms with Crippen LogP contribution in [0.5, 0.6) is 0 Å². The Morgan fingerprint density at radius 1 is 1.29 bits per heavy atom. The number of hydrogen-bond acceptors (Lipinski definition) is 2. The number of rotatable bonds is 2. The van der Waals surface area contributed by atoms with Crippen LogP contribution in [-0.4, -0.2) is 6.54 Å². The standard InChI is InChI=1S/C11H16ClNS/c12-10-5-4-9(14-10)11(8-13)6-2-1-3-7-11/h4-5H,1-3,6-8,13H2. The molecule has 1 aliphatic carbocycles. The molecule has 78 valence electrons. The molecule has 1 aliphatic rings. The summed E-state index contributed by atoms with van der Waals surface area (Å²) in [6.45, 7) is 0.768. The van der Waals surface area contributed by atoms with Crippen molar-refractivity contribution in [3.05, 3.63) is 21.3 Å². The van der Waals surface area contributed by atoms with Crippen molar-refractivity contribution in [3.8, 4) is 0 Å². The first-order valence-electron chi connectivity index (χ1n) is 5.23. The Morgan fingerprint density at radius 3 is 2.50 bits per heavy atom. The second-order valence-electron chi connectivity index (χ2n) is 4.15. The van der Waals surface area contributed by atoms with Crippen molar-refractivity contribution >= 4 is 22.9 Å². The molecular weight excluding hydrogens is 214 g/mol. The van der Waals surface area contributed by atoms with E-state index in [-0.39, 0.29) is 5.41 Å². The van der Waals surface area contributed by atoms with E-state index in [1.165, 1.54) is 37.0 Å². The van der Waals surface area contributed by atoms with Crippen LogP contribution in [0.1, 0.15) is 37.0 Å². The lowest BCUT2D eigenvalue weighted by Crippen LogP contribution is -2.36. The maximum absolute atomic E-state index is 5.98. The molecule has 1 saturated carbocycles. The van der Waals surface area contributed by atoms with Crippen molar-refractivity contribution in [2.75, 3.05) is 6.54 Å². The number of nitrogens with two attached hydrogens (primary N) is 1. The first-order valence-corrected chi connectivity index (χ1v) is 6.42. The minimum atomic E-state index is 0.246. The first kappa shape index (κ1) is 10.5. The molecule has 0 aromatic carbocycles. The van der Waals surface area contributed by atoms with Crippen LogP contribution in [0.25, 0.3) is 0 Å². The SMILES string of the molecule is NCC1(c2ccc(Cl)s2)CCCCC1. The highest BCUT2D eigenvalue weighted by atomic mass is 35.5. The maximum Gasteiger partial charge on any atom is 0.0931 e. The summed E-state index contributed by atoms with van der Waals surface area (Å²) in [5.41, 5.74) is 6.19. The van der Waals surface area contributed by atoms with E-state index in [2.05, 4.69) is 6.07 Å². The normalized spacial score (nSPS) is 21.0. The third-order valence-electron chi connectivity index (χ3n) is 3.30. The summed E-state index contributed by atoms with van der Waals surface area (Å²) in [5.74, 6) is 0. The van der Waals surface area contributed by atoms with Crippen LogP contribution >= 0.6 is 22.9 Å². The molecule has 1 aromatic heterocycles. The quantitative estimate of drug-likeness (QED) is 0.825. The molecule has 1 nitrogen and oxygen atoms in total. The Morgan fingerprint density at radius 2 is 2.00 bits per heavy atom. The van der Waals surface area contributed by atoms with Gasteiger partial charge in [0.2, 0.25) is 0 Å². The van der Waals surface area contributed by atoms with E-state index < -0.39 is 0 Å².